The molecule has 1 saturated heterocycles. The van der Waals surface area contributed by atoms with E-state index in [1.54, 1.807) is 0 Å². The maximum atomic E-state index is 5.01. The summed E-state index contributed by atoms with van der Waals surface area (Å²) in [5.41, 5.74) is 0. The summed E-state index contributed by atoms with van der Waals surface area (Å²) in [6.07, 6.45) is 4.64. The van der Waals surface area contributed by atoms with E-state index in [0.717, 1.165) is 13.2 Å². The molecule has 0 aliphatic carbocycles. The van der Waals surface area contributed by atoms with E-state index in [0.29, 0.717) is 0 Å². The summed E-state index contributed by atoms with van der Waals surface area (Å²) in [7, 11) is 0. The fourth-order valence-electron chi connectivity index (χ4n) is 0.580. The molecule has 0 aromatic carbocycles. The highest BCUT2D eigenvalue weighted by atomic mass is 16.5. The van der Waals surface area contributed by atoms with Crippen LogP contribution in [0.4, 0.5) is 0 Å². The van der Waals surface area contributed by atoms with Crippen LogP contribution in [0.25, 0.3) is 0 Å². The first-order chi connectivity index (χ1) is 3.00. The highest BCUT2D eigenvalue weighted by molar-refractivity contribution is 4.66. The molecular formula is C5H9O. The van der Waals surface area contributed by atoms with Crippen LogP contribution in [0.5, 0.6) is 0 Å². The lowest BCUT2D eigenvalue weighted by Gasteiger charge is -2.07. The second kappa shape index (κ2) is 2.19. The first-order valence-corrected chi connectivity index (χ1v) is 2.39. The minimum Gasteiger partial charge on any atom is -0.381 e. The first-order valence-electron chi connectivity index (χ1n) is 2.39. The molecule has 1 rings (SSSR count). The zero-order valence-corrected chi connectivity index (χ0v) is 3.81. The van der Waals surface area contributed by atoms with Crippen LogP contribution in [0.3, 0.4) is 0 Å². The number of hydrogen-bond donors (Lipinski definition) is 0. The highest BCUT2D eigenvalue weighted by Gasteiger charge is 1.95. The van der Waals surface area contributed by atoms with Gasteiger partial charge in [-0.25, -0.2) is 0 Å². The Kier molecular flexibility index (Phi) is 1.51. The van der Waals surface area contributed by atoms with E-state index in [2.05, 4.69) is 6.42 Å². The van der Waals surface area contributed by atoms with E-state index < -0.39 is 0 Å². The molecule has 1 radical (unpaired) electrons. The molecule has 0 unspecified atom stereocenters. The van der Waals surface area contributed by atoms with Gasteiger partial charge in [-0.3, -0.25) is 0 Å². The highest BCUT2D eigenvalue weighted by Crippen LogP contribution is 2.00. The second-order valence-corrected chi connectivity index (χ2v) is 1.51. The summed E-state index contributed by atoms with van der Waals surface area (Å²) < 4.78 is 5.01. The van der Waals surface area contributed by atoms with Crippen LogP contribution in [0.1, 0.15) is 12.8 Å². The second-order valence-electron chi connectivity index (χ2n) is 1.51. The van der Waals surface area contributed by atoms with E-state index in [-0.39, 0.29) is 0 Å². The van der Waals surface area contributed by atoms with Crippen LogP contribution in [0.15, 0.2) is 0 Å². The third-order valence-corrected chi connectivity index (χ3v) is 0.933. The van der Waals surface area contributed by atoms with E-state index in [1.165, 1.54) is 12.8 Å². The van der Waals surface area contributed by atoms with Crippen molar-refractivity contribution in [1.29, 1.82) is 0 Å². The molecule has 1 fully saturated rings. The molecule has 1 heteroatoms. The van der Waals surface area contributed by atoms with Crippen molar-refractivity contribution >= 4 is 0 Å². The van der Waals surface area contributed by atoms with Crippen LogP contribution in [0, 0.1) is 6.42 Å². The van der Waals surface area contributed by atoms with Crippen molar-refractivity contribution in [1.82, 2.24) is 0 Å². The normalized spacial score (nSPS) is 24.0. The lowest BCUT2D eigenvalue weighted by Crippen LogP contribution is -2.03. The van der Waals surface area contributed by atoms with E-state index in [4.69, 9.17) is 4.74 Å². The van der Waals surface area contributed by atoms with Crippen LogP contribution in [0.2, 0.25) is 0 Å². The van der Waals surface area contributed by atoms with Crippen molar-refractivity contribution in [3.8, 4) is 0 Å². The van der Waals surface area contributed by atoms with Gasteiger partial charge in [-0.05, 0) is 19.3 Å². The van der Waals surface area contributed by atoms with Crippen molar-refractivity contribution in [2.24, 2.45) is 0 Å². The fourth-order valence-corrected chi connectivity index (χ4v) is 0.580. The average molecular weight is 85.1 g/mol. The first kappa shape index (κ1) is 4.13. The third kappa shape index (κ3) is 0.977. The van der Waals surface area contributed by atoms with Crippen molar-refractivity contribution in [2.45, 2.75) is 12.8 Å². The zero-order valence-electron chi connectivity index (χ0n) is 3.81. The molecule has 0 bridgehead atoms. The maximum Gasteiger partial charge on any atom is 0.0497 e. The number of rotatable bonds is 0. The van der Waals surface area contributed by atoms with Gasteiger partial charge in [-0.1, -0.05) is 0 Å². The molecular weight excluding hydrogens is 76.1 g/mol. The molecule has 0 saturated carbocycles. The van der Waals surface area contributed by atoms with Gasteiger partial charge in [0.2, 0.25) is 0 Å². The zero-order chi connectivity index (χ0) is 4.24. The van der Waals surface area contributed by atoms with Crippen molar-refractivity contribution in [2.75, 3.05) is 13.2 Å². The predicted octanol–water partition coefficient (Wildman–Crippen LogP) is 1.00. The Balaban J connectivity index is 2.00. The quantitative estimate of drug-likeness (QED) is 0.426. The van der Waals surface area contributed by atoms with Gasteiger partial charge in [0.1, 0.15) is 0 Å². The van der Waals surface area contributed by atoms with E-state index in [1.807, 2.05) is 0 Å². The largest absolute Gasteiger partial charge is 0.381 e. The van der Waals surface area contributed by atoms with Crippen LogP contribution >= 0.6 is 0 Å². The third-order valence-electron chi connectivity index (χ3n) is 0.933. The van der Waals surface area contributed by atoms with E-state index in [9.17, 15) is 0 Å². The van der Waals surface area contributed by atoms with Gasteiger partial charge in [0.25, 0.3) is 0 Å². The molecule has 0 aromatic rings. The Morgan fingerprint density at radius 1 is 1.50 bits per heavy atom. The Morgan fingerprint density at radius 3 is 2.67 bits per heavy atom. The molecule has 0 atom stereocenters. The summed E-state index contributed by atoms with van der Waals surface area (Å²) in [6, 6.07) is 0. The summed E-state index contributed by atoms with van der Waals surface area (Å²) in [4.78, 5) is 0. The Bertz CT molecular complexity index is 19.4. The average Bonchev–Trinajstić information content (AvgIpc) is 1.72. The van der Waals surface area contributed by atoms with Gasteiger partial charge in [-0.2, -0.15) is 0 Å². The van der Waals surface area contributed by atoms with Gasteiger partial charge in [0.15, 0.2) is 0 Å². The van der Waals surface area contributed by atoms with Gasteiger partial charge in [-0.15, -0.1) is 0 Å². The lowest BCUT2D eigenvalue weighted by atomic mass is 10.2. The van der Waals surface area contributed by atoms with Crippen LogP contribution < -0.4 is 0 Å². The fraction of sp³-hybridized carbons (Fsp3) is 0.800. The summed E-state index contributed by atoms with van der Waals surface area (Å²) >= 11 is 0. The number of hydrogen-bond acceptors (Lipinski definition) is 1. The molecule has 0 aromatic heterocycles. The van der Waals surface area contributed by atoms with Crippen molar-refractivity contribution < 1.29 is 4.74 Å². The van der Waals surface area contributed by atoms with Crippen molar-refractivity contribution in [3.63, 3.8) is 0 Å². The van der Waals surface area contributed by atoms with Gasteiger partial charge in [0, 0.05) is 13.2 Å². The van der Waals surface area contributed by atoms with Crippen LogP contribution in [-0.2, 0) is 4.74 Å². The van der Waals surface area contributed by atoms with E-state index >= 15 is 0 Å². The topological polar surface area (TPSA) is 9.23 Å². The lowest BCUT2D eigenvalue weighted by molar-refractivity contribution is 0.127. The van der Waals surface area contributed by atoms with Crippen LogP contribution in [-0.4, -0.2) is 13.2 Å². The number of ether oxygens (including phenoxy) is 1. The smallest absolute Gasteiger partial charge is 0.0497 e. The molecule has 35 valence electrons. The molecule has 0 spiro atoms. The predicted molar refractivity (Wildman–Crippen MR) is 24.4 cm³/mol. The van der Waals surface area contributed by atoms with Gasteiger partial charge < -0.3 is 4.74 Å². The molecule has 1 nitrogen and oxygen atoms in total. The molecule has 1 aliphatic heterocycles. The Morgan fingerprint density at radius 2 is 2.50 bits per heavy atom. The minimum absolute atomic E-state index is 0.875. The maximum absolute atomic E-state index is 5.01. The van der Waals surface area contributed by atoms with Crippen molar-refractivity contribution in [3.05, 3.63) is 6.42 Å². The summed E-state index contributed by atoms with van der Waals surface area (Å²) in [6.45, 7) is 1.84. The molecule has 0 amide bonds. The summed E-state index contributed by atoms with van der Waals surface area (Å²) in [5, 5.41) is 0. The summed E-state index contributed by atoms with van der Waals surface area (Å²) in [5.74, 6) is 0. The monoisotopic (exact) mass is 85.1 g/mol. The SMILES string of the molecule is [CH]1CCCOC1. The standard InChI is InChI=1S/C5H9O/c1-2-4-6-5-3-1/h2H,1,3-5H2. The molecule has 0 N–H and O–H groups in total. The Hall–Kier alpha value is -0.0400. The van der Waals surface area contributed by atoms with Gasteiger partial charge >= 0.3 is 0 Å². The molecule has 1 aliphatic rings. The Labute approximate surface area is 38.3 Å². The minimum atomic E-state index is 0.875. The van der Waals surface area contributed by atoms with Gasteiger partial charge in [0.05, 0.1) is 0 Å². The molecule has 6 heavy (non-hydrogen) atoms. The molecule has 1 heterocycles.